The summed E-state index contributed by atoms with van der Waals surface area (Å²) in [5, 5.41) is 20.3. The number of nitrogens with zero attached hydrogens (tertiary/aromatic N) is 3. The summed E-state index contributed by atoms with van der Waals surface area (Å²) in [5.74, 6) is 0.212. The van der Waals surface area contributed by atoms with Crippen LogP contribution in [0.5, 0.6) is 11.5 Å². The lowest BCUT2D eigenvalue weighted by atomic mass is 9.95. The number of carbonyl (C=O) groups excluding carboxylic acids is 2. The van der Waals surface area contributed by atoms with E-state index in [1.165, 1.54) is 28.0 Å². The summed E-state index contributed by atoms with van der Waals surface area (Å²) >= 11 is 2.74. The Balaban J connectivity index is 1.49. The van der Waals surface area contributed by atoms with E-state index in [2.05, 4.69) is 17.1 Å². The monoisotopic (exact) mass is 615 g/mol. The van der Waals surface area contributed by atoms with Gasteiger partial charge in [-0.1, -0.05) is 85.8 Å². The molecule has 0 spiro atoms. The fourth-order valence-electron chi connectivity index (χ4n) is 4.59. The summed E-state index contributed by atoms with van der Waals surface area (Å²) in [5.41, 5.74) is 2.17. The summed E-state index contributed by atoms with van der Waals surface area (Å²) in [7, 11) is 0. The Morgan fingerprint density at radius 3 is 2.23 bits per heavy atom. The average molecular weight is 616 g/mol. The number of benzene rings is 3. The number of aliphatic hydroxyl groups excluding tert-OH is 1. The Bertz CT molecular complexity index is 1570. The van der Waals surface area contributed by atoms with Gasteiger partial charge in [-0.3, -0.25) is 14.5 Å². The number of unbranched alkanes of at least 4 members (excludes halogenated alkanes) is 1. The average Bonchev–Trinajstić information content (AvgIpc) is 3.61. The summed E-state index contributed by atoms with van der Waals surface area (Å²) < 4.78 is 12.2. The number of hydrogen-bond acceptors (Lipinski definition) is 9. The third kappa shape index (κ3) is 7.09. The van der Waals surface area contributed by atoms with Crippen LogP contribution in [0.2, 0.25) is 0 Å². The third-order valence-corrected chi connectivity index (χ3v) is 8.94. The third-order valence-electron chi connectivity index (χ3n) is 6.81. The number of Topliss-reactive ketones (excluding diaryl/α,β-unsaturated/α-hetero) is 1. The number of ketones is 1. The Kier molecular flexibility index (Phi) is 10.1. The van der Waals surface area contributed by atoms with E-state index in [1.54, 1.807) is 24.3 Å². The molecule has 4 aromatic rings. The molecule has 10 heteroatoms. The molecule has 1 fully saturated rings. The normalized spacial score (nSPS) is 16.0. The molecule has 3 aromatic carbocycles. The van der Waals surface area contributed by atoms with E-state index in [-0.39, 0.29) is 16.5 Å². The molecule has 1 aliphatic heterocycles. The second-order valence-electron chi connectivity index (χ2n) is 9.94. The first-order chi connectivity index (χ1) is 21.0. The van der Waals surface area contributed by atoms with Gasteiger partial charge in [0.25, 0.3) is 5.78 Å². The Labute approximate surface area is 259 Å². The van der Waals surface area contributed by atoms with Gasteiger partial charge in [-0.15, -0.1) is 10.2 Å². The SMILES string of the molecule is CCCCOc1ccc(C2/C(=C(\O)c3ccc(OCCC)cc3)C(=O)C(=O)N2c2nnc(SCc3ccccc3)s2)cc1. The van der Waals surface area contributed by atoms with Crippen molar-refractivity contribution in [1.82, 2.24) is 10.2 Å². The Morgan fingerprint density at radius 1 is 0.884 bits per heavy atom. The molecule has 1 saturated heterocycles. The second kappa shape index (κ2) is 14.3. The molecule has 1 amide bonds. The van der Waals surface area contributed by atoms with Gasteiger partial charge in [-0.05, 0) is 60.4 Å². The number of hydrogen-bond donors (Lipinski definition) is 1. The first-order valence-electron chi connectivity index (χ1n) is 14.3. The van der Waals surface area contributed by atoms with Crippen molar-refractivity contribution in [1.29, 1.82) is 0 Å². The zero-order chi connectivity index (χ0) is 30.2. The van der Waals surface area contributed by atoms with Gasteiger partial charge in [0.1, 0.15) is 17.3 Å². The van der Waals surface area contributed by atoms with E-state index in [0.717, 1.165) is 24.8 Å². The number of ether oxygens (including phenoxy) is 2. The van der Waals surface area contributed by atoms with Gasteiger partial charge in [-0.25, -0.2) is 0 Å². The van der Waals surface area contributed by atoms with Crippen molar-refractivity contribution in [2.24, 2.45) is 0 Å². The molecule has 222 valence electrons. The maximum atomic E-state index is 13.6. The predicted octanol–water partition coefficient (Wildman–Crippen LogP) is 7.42. The Hall–Kier alpha value is -4.15. The lowest BCUT2D eigenvalue weighted by molar-refractivity contribution is -0.132. The van der Waals surface area contributed by atoms with Gasteiger partial charge in [-0.2, -0.15) is 0 Å². The van der Waals surface area contributed by atoms with Crippen LogP contribution in [-0.4, -0.2) is 40.2 Å². The first-order valence-corrected chi connectivity index (χ1v) is 16.1. The van der Waals surface area contributed by atoms with E-state index in [0.29, 0.717) is 45.9 Å². The van der Waals surface area contributed by atoms with Crippen molar-refractivity contribution in [3.05, 3.63) is 101 Å². The van der Waals surface area contributed by atoms with Gasteiger partial charge >= 0.3 is 5.91 Å². The van der Waals surface area contributed by atoms with Crippen molar-refractivity contribution >= 4 is 45.7 Å². The smallest absolute Gasteiger partial charge is 0.301 e. The summed E-state index contributed by atoms with van der Waals surface area (Å²) in [4.78, 5) is 28.4. The molecule has 1 aliphatic rings. The summed E-state index contributed by atoms with van der Waals surface area (Å²) in [6.45, 7) is 5.29. The van der Waals surface area contributed by atoms with Crippen molar-refractivity contribution < 1.29 is 24.2 Å². The highest BCUT2D eigenvalue weighted by atomic mass is 32.2. The van der Waals surface area contributed by atoms with E-state index >= 15 is 0 Å². The maximum Gasteiger partial charge on any atom is 0.301 e. The summed E-state index contributed by atoms with van der Waals surface area (Å²) in [6, 6.07) is 23.2. The van der Waals surface area contributed by atoms with E-state index < -0.39 is 17.7 Å². The van der Waals surface area contributed by atoms with Gasteiger partial charge in [0, 0.05) is 11.3 Å². The standard InChI is InChI=1S/C33H33N3O5S2/c1-3-5-20-41-26-15-11-23(12-16-26)28-27(29(37)24-13-17-25(18-14-24)40-19-4-2)30(38)31(39)36(28)32-34-35-33(43-32)42-21-22-9-7-6-8-10-22/h6-18,28,37H,3-5,19-21H2,1-2H3/b29-27+. The molecule has 1 atom stereocenters. The Morgan fingerprint density at radius 2 is 1.56 bits per heavy atom. The molecule has 1 N–H and O–H groups in total. The van der Waals surface area contributed by atoms with Crippen molar-refractivity contribution in [2.75, 3.05) is 18.1 Å². The molecule has 0 aliphatic carbocycles. The molecular weight excluding hydrogens is 583 g/mol. The lowest BCUT2D eigenvalue weighted by Crippen LogP contribution is -2.29. The van der Waals surface area contributed by atoms with Crippen LogP contribution in [0.15, 0.2) is 88.8 Å². The van der Waals surface area contributed by atoms with Crippen LogP contribution in [0.3, 0.4) is 0 Å². The highest BCUT2D eigenvalue weighted by Crippen LogP contribution is 2.44. The number of amides is 1. The minimum absolute atomic E-state index is 0.0134. The molecule has 43 heavy (non-hydrogen) atoms. The minimum atomic E-state index is -0.902. The quantitative estimate of drug-likeness (QED) is 0.0414. The molecule has 0 saturated carbocycles. The van der Waals surface area contributed by atoms with Gasteiger partial charge < -0.3 is 14.6 Å². The van der Waals surface area contributed by atoms with Crippen molar-refractivity contribution in [3.8, 4) is 11.5 Å². The molecule has 5 rings (SSSR count). The fourth-order valence-corrected chi connectivity index (χ4v) is 6.41. The van der Waals surface area contributed by atoms with Gasteiger partial charge in [0.05, 0.1) is 24.8 Å². The molecule has 1 unspecified atom stereocenters. The van der Waals surface area contributed by atoms with Crippen LogP contribution < -0.4 is 14.4 Å². The highest BCUT2D eigenvalue weighted by Gasteiger charge is 2.48. The van der Waals surface area contributed by atoms with Gasteiger partial charge in [0.2, 0.25) is 5.13 Å². The molecule has 2 heterocycles. The molecular formula is C33H33N3O5S2. The van der Waals surface area contributed by atoms with Crippen molar-refractivity contribution in [2.45, 2.75) is 49.2 Å². The van der Waals surface area contributed by atoms with E-state index in [1.807, 2.05) is 61.5 Å². The number of anilines is 1. The number of aromatic nitrogens is 2. The second-order valence-corrected chi connectivity index (χ2v) is 12.1. The molecule has 0 bridgehead atoms. The zero-order valence-corrected chi connectivity index (χ0v) is 25.7. The molecule has 1 aromatic heterocycles. The fraction of sp³-hybridized carbons (Fsp3) is 0.273. The number of rotatable bonds is 13. The first kappa shape index (κ1) is 30.3. The number of aliphatic hydroxyl groups is 1. The summed E-state index contributed by atoms with van der Waals surface area (Å²) in [6.07, 6.45) is 2.82. The van der Waals surface area contributed by atoms with Crippen molar-refractivity contribution in [3.63, 3.8) is 0 Å². The maximum absolute atomic E-state index is 13.6. The lowest BCUT2D eigenvalue weighted by Gasteiger charge is -2.22. The molecule has 0 radical (unpaired) electrons. The predicted molar refractivity (Wildman–Crippen MR) is 170 cm³/mol. The van der Waals surface area contributed by atoms with Crippen LogP contribution in [0.25, 0.3) is 5.76 Å². The van der Waals surface area contributed by atoms with Crippen LogP contribution >= 0.6 is 23.1 Å². The minimum Gasteiger partial charge on any atom is -0.507 e. The number of thioether (sulfide) groups is 1. The number of carbonyl (C=O) groups is 2. The van der Waals surface area contributed by atoms with E-state index in [4.69, 9.17) is 9.47 Å². The largest absolute Gasteiger partial charge is 0.507 e. The van der Waals surface area contributed by atoms with Crippen LogP contribution in [0.4, 0.5) is 5.13 Å². The van der Waals surface area contributed by atoms with E-state index in [9.17, 15) is 14.7 Å². The van der Waals surface area contributed by atoms with Crippen LogP contribution in [-0.2, 0) is 15.3 Å². The van der Waals surface area contributed by atoms with Gasteiger partial charge in [0.15, 0.2) is 4.34 Å². The molecule has 8 nitrogen and oxygen atoms in total. The van der Waals surface area contributed by atoms with Crippen LogP contribution in [0, 0.1) is 0 Å². The highest BCUT2D eigenvalue weighted by molar-refractivity contribution is 8.00. The van der Waals surface area contributed by atoms with Crippen LogP contribution in [0.1, 0.15) is 55.8 Å². The zero-order valence-electron chi connectivity index (χ0n) is 24.1. The topological polar surface area (TPSA) is 102 Å².